The molecule has 0 aliphatic carbocycles. The molecule has 1 N–H and O–H groups in total. The molecule has 0 aromatic heterocycles. The van der Waals surface area contributed by atoms with Crippen molar-refractivity contribution < 1.29 is 19.1 Å². The summed E-state index contributed by atoms with van der Waals surface area (Å²) in [6, 6.07) is 11.9. The Bertz CT molecular complexity index is 923. The highest BCUT2D eigenvalue weighted by Crippen LogP contribution is 2.30. The monoisotopic (exact) mass is 400 g/mol. The van der Waals surface area contributed by atoms with Crippen LogP contribution in [0.1, 0.15) is 25.0 Å². The molecule has 28 heavy (non-hydrogen) atoms. The lowest BCUT2D eigenvalue weighted by Gasteiger charge is -2.14. The van der Waals surface area contributed by atoms with Gasteiger partial charge in [-0.2, -0.15) is 0 Å². The van der Waals surface area contributed by atoms with Crippen LogP contribution in [0.2, 0.25) is 5.02 Å². The molecule has 0 spiro atoms. The predicted molar refractivity (Wildman–Crippen MR) is 107 cm³/mol. The van der Waals surface area contributed by atoms with Gasteiger partial charge in [-0.05, 0) is 55.3 Å². The first kappa shape index (κ1) is 19.8. The minimum absolute atomic E-state index is 0.00947. The van der Waals surface area contributed by atoms with Gasteiger partial charge in [0, 0.05) is 5.02 Å². The van der Waals surface area contributed by atoms with E-state index in [2.05, 4.69) is 5.32 Å². The molecule has 3 amide bonds. The Morgan fingerprint density at radius 2 is 1.82 bits per heavy atom. The molecule has 0 unspecified atom stereocenters. The molecule has 2 aromatic carbocycles. The summed E-state index contributed by atoms with van der Waals surface area (Å²) in [6.07, 6.45) is 1.62. The largest absolute Gasteiger partial charge is 0.493 e. The number of nitrogens with zero attached hydrogens (tertiary/aromatic N) is 1. The van der Waals surface area contributed by atoms with Crippen molar-refractivity contribution in [2.24, 2.45) is 0 Å². The zero-order chi connectivity index (χ0) is 20.3. The van der Waals surface area contributed by atoms with E-state index in [1.165, 1.54) is 0 Å². The highest BCUT2D eigenvalue weighted by Gasteiger charge is 2.33. The number of benzene rings is 2. The zero-order valence-electron chi connectivity index (χ0n) is 15.9. The van der Waals surface area contributed by atoms with Crippen molar-refractivity contribution in [2.45, 2.75) is 26.5 Å². The second-order valence-electron chi connectivity index (χ2n) is 6.58. The summed E-state index contributed by atoms with van der Waals surface area (Å²) in [5.74, 6) is 0.782. The third-order valence-electron chi connectivity index (χ3n) is 4.08. The van der Waals surface area contributed by atoms with Crippen LogP contribution in [0.5, 0.6) is 11.5 Å². The van der Waals surface area contributed by atoms with Crippen molar-refractivity contribution in [1.29, 1.82) is 0 Å². The van der Waals surface area contributed by atoms with Gasteiger partial charge in [0.1, 0.15) is 5.70 Å². The summed E-state index contributed by atoms with van der Waals surface area (Å²) in [4.78, 5) is 26.0. The predicted octanol–water partition coefficient (Wildman–Crippen LogP) is 4.23. The number of carbonyl (C=O) groups excluding carboxylic acids is 2. The van der Waals surface area contributed by atoms with Crippen LogP contribution in [0.4, 0.5) is 4.79 Å². The van der Waals surface area contributed by atoms with Crippen LogP contribution in [-0.4, -0.2) is 30.1 Å². The van der Waals surface area contributed by atoms with Crippen molar-refractivity contribution in [2.75, 3.05) is 7.11 Å². The van der Waals surface area contributed by atoms with Gasteiger partial charge >= 0.3 is 6.03 Å². The van der Waals surface area contributed by atoms with Gasteiger partial charge in [0.05, 0.1) is 19.8 Å². The van der Waals surface area contributed by atoms with Crippen LogP contribution < -0.4 is 14.8 Å². The maximum atomic E-state index is 12.7. The van der Waals surface area contributed by atoms with E-state index < -0.39 is 6.03 Å². The van der Waals surface area contributed by atoms with Gasteiger partial charge in [0.15, 0.2) is 11.5 Å². The quantitative estimate of drug-likeness (QED) is 0.582. The Morgan fingerprint density at radius 1 is 1.11 bits per heavy atom. The average molecular weight is 401 g/mol. The van der Waals surface area contributed by atoms with E-state index in [0.29, 0.717) is 22.1 Å². The first-order chi connectivity index (χ1) is 13.4. The van der Waals surface area contributed by atoms with Gasteiger partial charge in [0.2, 0.25) is 0 Å². The zero-order valence-corrected chi connectivity index (χ0v) is 16.6. The number of nitrogens with one attached hydrogen (secondary N) is 1. The number of rotatable bonds is 6. The fourth-order valence-corrected chi connectivity index (χ4v) is 2.91. The second-order valence-corrected chi connectivity index (χ2v) is 7.02. The minimum atomic E-state index is -0.460. The van der Waals surface area contributed by atoms with E-state index in [1.54, 1.807) is 55.7 Å². The summed E-state index contributed by atoms with van der Waals surface area (Å²) < 4.78 is 11.1. The molecule has 0 bridgehead atoms. The number of amides is 3. The van der Waals surface area contributed by atoms with Gasteiger partial charge in [-0.1, -0.05) is 29.8 Å². The van der Waals surface area contributed by atoms with Crippen molar-refractivity contribution in [3.63, 3.8) is 0 Å². The summed E-state index contributed by atoms with van der Waals surface area (Å²) >= 11 is 5.87. The van der Waals surface area contributed by atoms with Crippen LogP contribution in [0.15, 0.2) is 48.2 Å². The van der Waals surface area contributed by atoms with Crippen LogP contribution in [0.3, 0.4) is 0 Å². The van der Waals surface area contributed by atoms with Crippen molar-refractivity contribution in [3.05, 3.63) is 64.3 Å². The average Bonchev–Trinajstić information content (AvgIpc) is 2.91. The van der Waals surface area contributed by atoms with E-state index in [9.17, 15) is 9.59 Å². The third kappa shape index (κ3) is 4.46. The Kier molecular flexibility index (Phi) is 5.90. The topological polar surface area (TPSA) is 67.9 Å². The number of ether oxygens (including phenoxy) is 2. The van der Waals surface area contributed by atoms with Crippen LogP contribution in [0, 0.1) is 0 Å². The number of hydrogen-bond acceptors (Lipinski definition) is 4. The van der Waals surface area contributed by atoms with Gasteiger partial charge in [-0.3, -0.25) is 9.69 Å². The Morgan fingerprint density at radius 3 is 2.46 bits per heavy atom. The van der Waals surface area contributed by atoms with Gasteiger partial charge in [0.25, 0.3) is 5.91 Å². The third-order valence-corrected chi connectivity index (χ3v) is 4.33. The number of hydrogen-bond donors (Lipinski definition) is 1. The molecule has 1 fully saturated rings. The smallest absolute Gasteiger partial charge is 0.329 e. The molecule has 1 heterocycles. The van der Waals surface area contributed by atoms with Crippen LogP contribution in [-0.2, 0) is 11.3 Å². The molecule has 146 valence electrons. The molecule has 3 rings (SSSR count). The van der Waals surface area contributed by atoms with Crippen molar-refractivity contribution in [3.8, 4) is 11.5 Å². The number of halogens is 1. The number of imide groups is 1. The highest BCUT2D eigenvalue weighted by atomic mass is 35.5. The lowest BCUT2D eigenvalue weighted by atomic mass is 10.1. The molecule has 0 saturated carbocycles. The second kappa shape index (κ2) is 8.35. The summed E-state index contributed by atoms with van der Waals surface area (Å²) in [5, 5.41) is 3.22. The highest BCUT2D eigenvalue weighted by molar-refractivity contribution is 6.30. The van der Waals surface area contributed by atoms with Crippen molar-refractivity contribution in [1.82, 2.24) is 10.2 Å². The lowest BCUT2D eigenvalue weighted by Crippen LogP contribution is -2.30. The Hall–Kier alpha value is -2.99. The van der Waals surface area contributed by atoms with E-state index >= 15 is 0 Å². The maximum Gasteiger partial charge on any atom is 0.329 e. The number of urea groups is 1. The van der Waals surface area contributed by atoms with Crippen molar-refractivity contribution >= 4 is 29.6 Å². The summed E-state index contributed by atoms with van der Waals surface area (Å²) in [5.41, 5.74) is 1.73. The normalized spacial score (nSPS) is 15.3. The summed E-state index contributed by atoms with van der Waals surface area (Å²) in [6.45, 7) is 4.03. The first-order valence-corrected chi connectivity index (χ1v) is 9.19. The molecule has 6 nitrogen and oxygen atoms in total. The fourth-order valence-electron chi connectivity index (χ4n) is 2.78. The number of carbonyl (C=O) groups is 2. The lowest BCUT2D eigenvalue weighted by molar-refractivity contribution is -0.123. The number of methoxy groups -OCH3 is 1. The molecule has 1 aliphatic rings. The first-order valence-electron chi connectivity index (χ1n) is 8.81. The van der Waals surface area contributed by atoms with Crippen LogP contribution >= 0.6 is 11.6 Å². The Labute approximate surface area is 168 Å². The molecule has 0 atom stereocenters. The SMILES string of the molecule is COc1cc(/C=C2/NC(=O)N(Cc3ccc(Cl)cc3)C2=O)ccc1OC(C)C. The molecular weight excluding hydrogens is 380 g/mol. The minimum Gasteiger partial charge on any atom is -0.493 e. The van der Waals surface area contributed by atoms with Gasteiger partial charge in [-0.15, -0.1) is 0 Å². The van der Waals surface area contributed by atoms with E-state index in [1.807, 2.05) is 13.8 Å². The maximum absolute atomic E-state index is 12.7. The van der Waals surface area contributed by atoms with Crippen LogP contribution in [0.25, 0.3) is 6.08 Å². The van der Waals surface area contributed by atoms with Gasteiger partial charge < -0.3 is 14.8 Å². The molecule has 1 aliphatic heterocycles. The summed E-state index contributed by atoms with van der Waals surface area (Å²) in [7, 11) is 1.55. The Balaban J connectivity index is 1.80. The molecule has 7 heteroatoms. The molecule has 1 saturated heterocycles. The molecular formula is C21H21ClN2O4. The molecule has 2 aromatic rings. The van der Waals surface area contributed by atoms with E-state index in [4.69, 9.17) is 21.1 Å². The molecule has 0 radical (unpaired) electrons. The fraction of sp³-hybridized carbons (Fsp3) is 0.238. The van der Waals surface area contributed by atoms with E-state index in [0.717, 1.165) is 10.5 Å². The van der Waals surface area contributed by atoms with E-state index in [-0.39, 0.29) is 24.3 Å². The standard InChI is InChI=1S/C21H21ClN2O4/c1-13(2)28-18-9-6-15(11-19(18)27-3)10-17-20(25)24(21(26)23-17)12-14-4-7-16(22)8-5-14/h4-11,13H,12H2,1-3H3,(H,23,26)/b17-10+. The van der Waals surface area contributed by atoms with Gasteiger partial charge in [-0.25, -0.2) is 4.79 Å².